The van der Waals surface area contributed by atoms with E-state index in [1.165, 1.54) is 23.8 Å². The summed E-state index contributed by atoms with van der Waals surface area (Å²) in [4.78, 5) is 16.7. The molecule has 110 valence electrons. The van der Waals surface area contributed by atoms with Crippen molar-refractivity contribution >= 4 is 10.9 Å². The van der Waals surface area contributed by atoms with E-state index in [1.54, 1.807) is 7.05 Å². The van der Waals surface area contributed by atoms with E-state index in [2.05, 4.69) is 10.1 Å². The largest absolute Gasteiger partial charge is 0.409 e. The van der Waals surface area contributed by atoms with Crippen molar-refractivity contribution in [3.63, 3.8) is 0 Å². The van der Waals surface area contributed by atoms with Gasteiger partial charge in [0.05, 0.1) is 11.2 Å². The quantitative estimate of drug-likeness (QED) is 0.645. The lowest BCUT2D eigenvalue weighted by atomic mass is 9.85. The van der Waals surface area contributed by atoms with Crippen molar-refractivity contribution in [2.45, 2.75) is 38.0 Å². The van der Waals surface area contributed by atoms with Crippen molar-refractivity contribution in [3.05, 3.63) is 45.8 Å². The van der Waals surface area contributed by atoms with Crippen LogP contribution in [0.25, 0.3) is 10.9 Å². The molecule has 21 heavy (non-hydrogen) atoms. The summed E-state index contributed by atoms with van der Waals surface area (Å²) >= 11 is 0. The molecule has 1 heterocycles. The average molecular weight is 285 g/mol. The minimum absolute atomic E-state index is 0.130. The molecule has 5 nitrogen and oxygen atoms in total. The van der Waals surface area contributed by atoms with Crippen LogP contribution >= 0.6 is 0 Å². The summed E-state index contributed by atoms with van der Waals surface area (Å²) in [6.45, 7) is 0. The lowest BCUT2D eigenvalue weighted by Crippen LogP contribution is -2.33. The van der Waals surface area contributed by atoms with Gasteiger partial charge in [0, 0.05) is 18.4 Å². The summed E-state index contributed by atoms with van der Waals surface area (Å²) < 4.78 is 1.50. The summed E-state index contributed by atoms with van der Waals surface area (Å²) in [7, 11) is 1.69. The van der Waals surface area contributed by atoms with Crippen LogP contribution in [-0.4, -0.2) is 14.8 Å². The number of para-hydroxylation sites is 1. The molecule has 1 aliphatic rings. The third-order valence-corrected chi connectivity index (χ3v) is 4.35. The minimum Gasteiger partial charge on any atom is -0.409 e. The van der Waals surface area contributed by atoms with Crippen molar-refractivity contribution in [1.29, 1.82) is 0 Å². The summed E-state index contributed by atoms with van der Waals surface area (Å²) in [5.41, 5.74) is 1.20. The zero-order valence-electron chi connectivity index (χ0n) is 12.1. The molecule has 1 aromatic heterocycles. The van der Waals surface area contributed by atoms with Crippen LogP contribution in [0.1, 0.15) is 43.7 Å². The van der Waals surface area contributed by atoms with Gasteiger partial charge < -0.3 is 9.77 Å². The third-order valence-electron chi connectivity index (χ3n) is 4.35. The monoisotopic (exact) mass is 285 g/mol. The molecule has 0 unspecified atom stereocenters. The molecular formula is C16H19N3O2. The number of aryl methyl sites for hydroxylation is 1. The van der Waals surface area contributed by atoms with E-state index in [1.807, 2.05) is 24.3 Å². The van der Waals surface area contributed by atoms with Crippen molar-refractivity contribution < 1.29 is 5.21 Å². The van der Waals surface area contributed by atoms with Gasteiger partial charge in [-0.2, -0.15) is 0 Å². The Labute approximate surface area is 122 Å². The molecular weight excluding hydrogens is 266 g/mol. The van der Waals surface area contributed by atoms with Crippen LogP contribution in [0.5, 0.6) is 0 Å². The molecule has 0 radical (unpaired) electrons. The zero-order chi connectivity index (χ0) is 14.8. The Morgan fingerprint density at radius 1 is 1.24 bits per heavy atom. The van der Waals surface area contributed by atoms with Crippen molar-refractivity contribution in [1.82, 2.24) is 9.55 Å². The Hall–Kier alpha value is -2.17. The second-order valence-corrected chi connectivity index (χ2v) is 5.64. The van der Waals surface area contributed by atoms with Crippen LogP contribution in [0.4, 0.5) is 0 Å². The Kier molecular flexibility index (Phi) is 3.73. The number of hydrogen-bond donors (Lipinski definition) is 1. The Bertz CT molecular complexity index is 789. The van der Waals surface area contributed by atoms with E-state index in [9.17, 15) is 4.79 Å². The maximum Gasteiger partial charge on any atom is 0.299 e. The zero-order valence-corrected chi connectivity index (χ0v) is 12.1. The van der Waals surface area contributed by atoms with Gasteiger partial charge in [-0.15, -0.1) is 0 Å². The van der Waals surface area contributed by atoms with Crippen LogP contribution in [-0.2, 0) is 7.05 Å². The molecule has 1 N–H and O–H groups in total. The van der Waals surface area contributed by atoms with E-state index in [4.69, 9.17) is 5.21 Å². The molecule has 0 atom stereocenters. The second kappa shape index (κ2) is 5.68. The minimum atomic E-state index is -0.379. The first-order chi connectivity index (χ1) is 10.2. The molecule has 5 heteroatoms. The predicted octanol–water partition coefficient (Wildman–Crippen LogP) is 2.27. The normalized spacial score (nSPS) is 17.3. The summed E-state index contributed by atoms with van der Waals surface area (Å²) in [6, 6.07) is 7.76. The molecule has 0 bridgehead atoms. The highest BCUT2D eigenvalue weighted by Gasteiger charge is 2.20. The van der Waals surface area contributed by atoms with Gasteiger partial charge in [-0.3, -0.25) is 4.79 Å². The molecule has 0 amide bonds. The Morgan fingerprint density at radius 2 is 1.95 bits per heavy atom. The van der Waals surface area contributed by atoms with E-state index < -0.39 is 0 Å². The van der Waals surface area contributed by atoms with Gasteiger partial charge in [0.2, 0.25) is 0 Å². The molecule has 3 rings (SSSR count). The average Bonchev–Trinajstić information content (AvgIpc) is 2.65. The van der Waals surface area contributed by atoms with Crippen molar-refractivity contribution in [2.75, 3.05) is 0 Å². The fraction of sp³-hybridized carbons (Fsp3) is 0.438. The number of rotatable bonds is 1. The summed E-state index contributed by atoms with van der Waals surface area (Å²) in [5, 5.41) is 13.2. The smallest absolute Gasteiger partial charge is 0.299 e. The predicted molar refractivity (Wildman–Crippen MR) is 80.2 cm³/mol. The number of aromatic nitrogens is 2. The fourth-order valence-corrected chi connectivity index (χ4v) is 3.22. The SMILES string of the molecule is Cn1c(=O)c(=NO)nc(C2CCCCC2)c2ccccc21. The van der Waals surface area contributed by atoms with Gasteiger partial charge in [0.1, 0.15) is 0 Å². The topological polar surface area (TPSA) is 67.5 Å². The highest BCUT2D eigenvalue weighted by Crippen LogP contribution is 2.33. The highest BCUT2D eigenvalue weighted by molar-refractivity contribution is 5.81. The number of fused-ring (bicyclic) bond motifs is 1. The van der Waals surface area contributed by atoms with Gasteiger partial charge in [-0.25, -0.2) is 4.98 Å². The number of hydrogen-bond acceptors (Lipinski definition) is 4. The lowest BCUT2D eigenvalue weighted by molar-refractivity contribution is 0.296. The molecule has 0 spiro atoms. The van der Waals surface area contributed by atoms with E-state index in [0.29, 0.717) is 5.92 Å². The summed E-state index contributed by atoms with van der Waals surface area (Å²) in [5.74, 6) is 0.330. The molecule has 0 aliphatic heterocycles. The first-order valence-corrected chi connectivity index (χ1v) is 7.40. The standard InChI is InChI=1S/C16H19N3O2/c1-19-13-10-6-5-9-12(13)14(11-7-3-2-4-8-11)17-15(18-21)16(19)20/h5-6,9-11,21H,2-4,7-8H2,1H3. The maximum atomic E-state index is 12.3. The van der Waals surface area contributed by atoms with Crippen molar-refractivity contribution in [3.8, 4) is 0 Å². The van der Waals surface area contributed by atoms with Gasteiger partial charge in [0.25, 0.3) is 11.0 Å². The fourth-order valence-electron chi connectivity index (χ4n) is 3.22. The van der Waals surface area contributed by atoms with Gasteiger partial charge >= 0.3 is 0 Å². The molecule has 1 aliphatic carbocycles. The Morgan fingerprint density at radius 3 is 2.67 bits per heavy atom. The molecule has 2 aromatic rings. The first kappa shape index (κ1) is 13.8. The lowest BCUT2D eigenvalue weighted by Gasteiger charge is -2.21. The van der Waals surface area contributed by atoms with Crippen molar-refractivity contribution in [2.24, 2.45) is 12.2 Å². The van der Waals surface area contributed by atoms with Gasteiger partial charge in [0.15, 0.2) is 0 Å². The van der Waals surface area contributed by atoms with E-state index in [0.717, 1.165) is 29.4 Å². The number of nitrogens with zero attached hydrogens (tertiary/aromatic N) is 3. The highest BCUT2D eigenvalue weighted by atomic mass is 16.4. The van der Waals surface area contributed by atoms with Crippen LogP contribution < -0.4 is 11.0 Å². The molecule has 1 saturated carbocycles. The van der Waals surface area contributed by atoms with Crippen LogP contribution in [0.15, 0.2) is 34.2 Å². The molecule has 0 saturated heterocycles. The number of benzene rings is 1. The summed E-state index contributed by atoms with van der Waals surface area (Å²) in [6.07, 6.45) is 5.77. The van der Waals surface area contributed by atoms with E-state index in [-0.39, 0.29) is 11.0 Å². The third kappa shape index (κ3) is 2.44. The van der Waals surface area contributed by atoms with Gasteiger partial charge in [-0.1, -0.05) is 42.6 Å². The maximum absolute atomic E-state index is 12.3. The van der Waals surface area contributed by atoms with Crippen LogP contribution in [0.2, 0.25) is 0 Å². The Balaban J connectivity index is 2.40. The van der Waals surface area contributed by atoms with Crippen LogP contribution in [0, 0.1) is 0 Å². The molecule has 1 aromatic carbocycles. The molecule has 1 fully saturated rings. The van der Waals surface area contributed by atoms with E-state index >= 15 is 0 Å². The van der Waals surface area contributed by atoms with Gasteiger partial charge in [-0.05, 0) is 18.9 Å². The second-order valence-electron chi connectivity index (χ2n) is 5.64. The first-order valence-electron chi connectivity index (χ1n) is 7.40. The van der Waals surface area contributed by atoms with Crippen LogP contribution in [0.3, 0.4) is 0 Å².